The lowest BCUT2D eigenvalue weighted by Crippen LogP contribution is -2.28. The minimum atomic E-state index is -0.135. The van der Waals surface area contributed by atoms with Crippen molar-refractivity contribution in [3.05, 3.63) is 34.2 Å². The Hall–Kier alpha value is -1.55. The maximum absolute atomic E-state index is 11.4. The molecule has 1 aromatic carbocycles. The second-order valence-corrected chi connectivity index (χ2v) is 6.17. The Labute approximate surface area is 119 Å². The van der Waals surface area contributed by atoms with Crippen LogP contribution in [-0.4, -0.2) is 17.0 Å². The van der Waals surface area contributed by atoms with E-state index >= 15 is 0 Å². The summed E-state index contributed by atoms with van der Waals surface area (Å²) in [6.45, 7) is 2.35. The molecule has 0 bridgehead atoms. The van der Waals surface area contributed by atoms with Crippen LogP contribution in [0.15, 0.2) is 23.0 Å². The largest absolute Gasteiger partial charge is 0.323 e. The SMILES string of the molecule is CNC(c1ccc2[nH]c(=O)[nH]c2c1)C1CCC(C)CC1. The molecule has 1 heterocycles. The highest BCUT2D eigenvalue weighted by molar-refractivity contribution is 5.75. The molecule has 1 aliphatic rings. The first-order chi connectivity index (χ1) is 9.67. The fourth-order valence-electron chi connectivity index (χ4n) is 3.54. The Morgan fingerprint density at radius 2 is 1.85 bits per heavy atom. The summed E-state index contributed by atoms with van der Waals surface area (Å²) in [5.74, 6) is 1.56. The van der Waals surface area contributed by atoms with Gasteiger partial charge in [0.1, 0.15) is 0 Å². The first-order valence-electron chi connectivity index (χ1n) is 7.56. The maximum Gasteiger partial charge on any atom is 0.323 e. The minimum Gasteiger partial charge on any atom is -0.313 e. The molecule has 3 rings (SSSR count). The van der Waals surface area contributed by atoms with Gasteiger partial charge in [0.25, 0.3) is 0 Å². The van der Waals surface area contributed by atoms with E-state index in [9.17, 15) is 4.79 Å². The molecular formula is C16H23N3O. The highest BCUT2D eigenvalue weighted by Crippen LogP contribution is 2.36. The minimum absolute atomic E-state index is 0.135. The number of fused-ring (bicyclic) bond motifs is 1. The molecule has 20 heavy (non-hydrogen) atoms. The zero-order valence-corrected chi connectivity index (χ0v) is 12.2. The van der Waals surface area contributed by atoms with Crippen molar-refractivity contribution in [3.8, 4) is 0 Å². The van der Waals surface area contributed by atoms with Crippen molar-refractivity contribution in [2.75, 3.05) is 7.05 Å². The van der Waals surface area contributed by atoms with E-state index in [2.05, 4.69) is 34.3 Å². The van der Waals surface area contributed by atoms with Gasteiger partial charge in [0, 0.05) is 6.04 Å². The van der Waals surface area contributed by atoms with Gasteiger partial charge in [-0.3, -0.25) is 0 Å². The van der Waals surface area contributed by atoms with Gasteiger partial charge < -0.3 is 15.3 Å². The molecule has 2 aromatic rings. The van der Waals surface area contributed by atoms with E-state index in [-0.39, 0.29) is 5.69 Å². The second-order valence-electron chi connectivity index (χ2n) is 6.17. The molecule has 108 valence electrons. The molecule has 1 saturated carbocycles. The summed E-state index contributed by atoms with van der Waals surface area (Å²) in [5.41, 5.74) is 2.92. The van der Waals surface area contributed by atoms with Crippen molar-refractivity contribution in [2.45, 2.75) is 38.6 Å². The van der Waals surface area contributed by atoms with Crippen LogP contribution in [0, 0.1) is 11.8 Å². The number of H-pyrrole nitrogens is 2. The fraction of sp³-hybridized carbons (Fsp3) is 0.562. The summed E-state index contributed by atoms with van der Waals surface area (Å²) in [5, 5.41) is 3.47. The summed E-state index contributed by atoms with van der Waals surface area (Å²) in [4.78, 5) is 17.0. The zero-order valence-electron chi connectivity index (χ0n) is 12.2. The normalized spacial score (nSPS) is 24.9. The van der Waals surface area contributed by atoms with Gasteiger partial charge in [0.15, 0.2) is 0 Å². The lowest BCUT2D eigenvalue weighted by atomic mass is 9.77. The number of benzene rings is 1. The number of hydrogen-bond donors (Lipinski definition) is 3. The Balaban J connectivity index is 1.88. The molecule has 0 spiro atoms. The Bertz CT molecular complexity index is 634. The molecule has 0 radical (unpaired) electrons. The monoisotopic (exact) mass is 273 g/mol. The van der Waals surface area contributed by atoms with Crippen molar-refractivity contribution < 1.29 is 0 Å². The van der Waals surface area contributed by atoms with Gasteiger partial charge >= 0.3 is 5.69 Å². The van der Waals surface area contributed by atoms with Crippen LogP contribution in [0.5, 0.6) is 0 Å². The molecule has 1 fully saturated rings. The highest BCUT2D eigenvalue weighted by atomic mass is 16.1. The van der Waals surface area contributed by atoms with Crippen LogP contribution in [0.3, 0.4) is 0 Å². The Kier molecular flexibility index (Phi) is 3.66. The van der Waals surface area contributed by atoms with Crippen LogP contribution in [0.25, 0.3) is 11.0 Å². The van der Waals surface area contributed by atoms with E-state index in [1.165, 1.54) is 31.2 Å². The van der Waals surface area contributed by atoms with Gasteiger partial charge in [-0.05, 0) is 49.4 Å². The average Bonchev–Trinajstić information content (AvgIpc) is 2.81. The number of aromatic nitrogens is 2. The summed E-state index contributed by atoms with van der Waals surface area (Å²) in [6.07, 6.45) is 5.22. The lowest BCUT2D eigenvalue weighted by Gasteiger charge is -2.33. The zero-order chi connectivity index (χ0) is 14.1. The van der Waals surface area contributed by atoms with E-state index in [1.807, 2.05) is 13.1 Å². The molecule has 1 aliphatic carbocycles. The molecule has 1 atom stereocenters. The van der Waals surface area contributed by atoms with Crippen LogP contribution < -0.4 is 11.0 Å². The molecule has 0 amide bonds. The summed E-state index contributed by atoms with van der Waals surface area (Å²) in [7, 11) is 2.03. The molecule has 3 N–H and O–H groups in total. The van der Waals surface area contributed by atoms with Crippen molar-refractivity contribution in [1.82, 2.24) is 15.3 Å². The smallest absolute Gasteiger partial charge is 0.313 e. The van der Waals surface area contributed by atoms with Gasteiger partial charge in [-0.25, -0.2) is 4.79 Å². The Morgan fingerprint density at radius 3 is 2.55 bits per heavy atom. The molecular weight excluding hydrogens is 250 g/mol. The molecule has 0 saturated heterocycles. The van der Waals surface area contributed by atoms with Crippen molar-refractivity contribution in [1.29, 1.82) is 0 Å². The van der Waals surface area contributed by atoms with Gasteiger partial charge in [0.05, 0.1) is 11.0 Å². The van der Waals surface area contributed by atoms with Crippen molar-refractivity contribution in [2.24, 2.45) is 11.8 Å². The molecule has 0 aliphatic heterocycles. The average molecular weight is 273 g/mol. The van der Waals surface area contributed by atoms with E-state index in [1.54, 1.807) is 0 Å². The second kappa shape index (κ2) is 5.44. The summed E-state index contributed by atoms with van der Waals surface area (Å²) >= 11 is 0. The summed E-state index contributed by atoms with van der Waals surface area (Å²) in [6, 6.07) is 6.61. The van der Waals surface area contributed by atoms with Crippen LogP contribution in [0.4, 0.5) is 0 Å². The highest BCUT2D eigenvalue weighted by Gasteiger charge is 2.26. The number of aromatic amines is 2. The predicted molar refractivity (Wildman–Crippen MR) is 81.8 cm³/mol. The number of imidazole rings is 1. The van der Waals surface area contributed by atoms with Crippen LogP contribution in [0.2, 0.25) is 0 Å². The number of nitrogens with one attached hydrogen (secondary N) is 3. The van der Waals surface area contributed by atoms with Gasteiger partial charge in [-0.15, -0.1) is 0 Å². The third-order valence-corrected chi connectivity index (χ3v) is 4.74. The lowest BCUT2D eigenvalue weighted by molar-refractivity contribution is 0.238. The van der Waals surface area contributed by atoms with Crippen LogP contribution in [0.1, 0.15) is 44.2 Å². The standard InChI is InChI=1S/C16H23N3O/c1-10-3-5-11(6-4-10)15(17-2)12-7-8-13-14(9-12)19-16(20)18-13/h7-11,15,17H,3-6H2,1-2H3,(H2,18,19,20). The van der Waals surface area contributed by atoms with Crippen LogP contribution in [-0.2, 0) is 0 Å². The quantitative estimate of drug-likeness (QED) is 0.805. The van der Waals surface area contributed by atoms with Crippen LogP contribution >= 0.6 is 0 Å². The van der Waals surface area contributed by atoms with Gasteiger partial charge in [-0.1, -0.05) is 25.8 Å². The molecule has 4 heteroatoms. The fourth-order valence-corrected chi connectivity index (χ4v) is 3.54. The topological polar surface area (TPSA) is 60.7 Å². The number of rotatable bonds is 3. The molecule has 1 aromatic heterocycles. The van der Waals surface area contributed by atoms with Gasteiger partial charge in [-0.2, -0.15) is 0 Å². The van der Waals surface area contributed by atoms with E-state index in [0.29, 0.717) is 12.0 Å². The molecule has 1 unspecified atom stereocenters. The van der Waals surface area contributed by atoms with E-state index in [4.69, 9.17) is 0 Å². The van der Waals surface area contributed by atoms with Gasteiger partial charge in [0.2, 0.25) is 0 Å². The third kappa shape index (κ3) is 2.52. The predicted octanol–water partition coefficient (Wildman–Crippen LogP) is 2.94. The third-order valence-electron chi connectivity index (χ3n) is 4.74. The number of hydrogen-bond acceptors (Lipinski definition) is 2. The van der Waals surface area contributed by atoms with Crippen molar-refractivity contribution in [3.63, 3.8) is 0 Å². The Morgan fingerprint density at radius 1 is 1.15 bits per heavy atom. The first kappa shape index (κ1) is 13.4. The van der Waals surface area contributed by atoms with E-state index in [0.717, 1.165) is 17.0 Å². The summed E-state index contributed by atoms with van der Waals surface area (Å²) < 4.78 is 0. The van der Waals surface area contributed by atoms with E-state index < -0.39 is 0 Å². The first-order valence-corrected chi connectivity index (χ1v) is 7.56. The maximum atomic E-state index is 11.4. The molecule has 4 nitrogen and oxygen atoms in total. The van der Waals surface area contributed by atoms with Crippen molar-refractivity contribution >= 4 is 11.0 Å².